The fraction of sp³-hybridized carbons (Fsp3) is 1.00. The normalized spacial score (nSPS) is 19.1. The number of alkyl halides is 2. The lowest BCUT2D eigenvalue weighted by Gasteiger charge is -2.26. The summed E-state index contributed by atoms with van der Waals surface area (Å²) in [5, 5.41) is 7.37. The molecule has 0 aliphatic carbocycles. The third-order valence-electron chi connectivity index (χ3n) is 2.55. The Morgan fingerprint density at radius 1 is 1.28 bits per heavy atom. The summed E-state index contributed by atoms with van der Waals surface area (Å²) < 4.78 is 54.5. The summed E-state index contributed by atoms with van der Waals surface area (Å²) in [6.07, 6.45) is 1.57. The molecule has 1 aliphatic heterocycles. The zero-order chi connectivity index (χ0) is 13.6. The van der Waals surface area contributed by atoms with Gasteiger partial charge in [-0.25, -0.2) is 18.0 Å². The van der Waals surface area contributed by atoms with Crippen LogP contribution in [0.5, 0.6) is 0 Å². The Morgan fingerprint density at radius 2 is 1.89 bits per heavy atom. The molecule has 10 heteroatoms. The van der Waals surface area contributed by atoms with E-state index in [1.807, 2.05) is 0 Å². The van der Waals surface area contributed by atoms with Gasteiger partial charge in [0.05, 0.1) is 5.75 Å². The van der Waals surface area contributed by atoms with E-state index in [0.717, 1.165) is 19.3 Å². The largest absolute Gasteiger partial charge is 0.321 e. The Bertz CT molecular complexity index is 345. The molecule has 18 heavy (non-hydrogen) atoms. The SMILES string of the molecule is O=S(=O)(CCC(F)(F)SOOO)N1CCCCC1. The summed E-state index contributed by atoms with van der Waals surface area (Å²) >= 11 is -0.422. The lowest BCUT2D eigenvalue weighted by Crippen LogP contribution is -2.38. The molecular weight excluding hydrogens is 292 g/mol. The van der Waals surface area contributed by atoms with Gasteiger partial charge in [-0.3, -0.25) is 0 Å². The Balaban J connectivity index is 2.45. The van der Waals surface area contributed by atoms with Crippen molar-refractivity contribution in [1.82, 2.24) is 4.31 Å². The van der Waals surface area contributed by atoms with Crippen LogP contribution < -0.4 is 0 Å². The molecule has 0 saturated carbocycles. The van der Waals surface area contributed by atoms with Gasteiger partial charge in [0, 0.05) is 19.5 Å². The second-order valence-electron chi connectivity index (χ2n) is 3.89. The maximum absolute atomic E-state index is 13.1. The highest BCUT2D eigenvalue weighted by Gasteiger charge is 2.35. The molecule has 1 saturated heterocycles. The van der Waals surface area contributed by atoms with Crippen molar-refractivity contribution in [3.8, 4) is 0 Å². The molecule has 6 nitrogen and oxygen atoms in total. The van der Waals surface area contributed by atoms with Crippen LogP contribution in [0.1, 0.15) is 25.7 Å². The van der Waals surface area contributed by atoms with Crippen LogP contribution >= 0.6 is 12.0 Å². The van der Waals surface area contributed by atoms with Gasteiger partial charge in [0.2, 0.25) is 10.0 Å². The molecule has 0 aromatic heterocycles. The van der Waals surface area contributed by atoms with E-state index in [4.69, 9.17) is 5.26 Å². The number of halogens is 2. The van der Waals surface area contributed by atoms with Gasteiger partial charge in [-0.2, -0.15) is 8.78 Å². The summed E-state index contributed by atoms with van der Waals surface area (Å²) in [5.74, 6) is -0.665. The van der Waals surface area contributed by atoms with Gasteiger partial charge in [0.15, 0.2) is 0 Å². The topological polar surface area (TPSA) is 76.1 Å². The second-order valence-corrected chi connectivity index (χ2v) is 6.88. The van der Waals surface area contributed by atoms with Gasteiger partial charge < -0.3 is 0 Å². The summed E-state index contributed by atoms with van der Waals surface area (Å²) in [6, 6.07) is 0. The van der Waals surface area contributed by atoms with Gasteiger partial charge >= 0.3 is 5.25 Å². The van der Waals surface area contributed by atoms with E-state index in [2.05, 4.69) is 9.37 Å². The Kier molecular flexibility index (Phi) is 6.21. The van der Waals surface area contributed by atoms with E-state index in [9.17, 15) is 17.2 Å². The highest BCUT2D eigenvalue weighted by molar-refractivity contribution is 7.95. The van der Waals surface area contributed by atoms with E-state index in [-0.39, 0.29) is 0 Å². The summed E-state index contributed by atoms with van der Waals surface area (Å²) in [5.41, 5.74) is 0. The first-order chi connectivity index (χ1) is 8.37. The minimum Gasteiger partial charge on any atom is -0.220 e. The average molecular weight is 307 g/mol. The number of piperidine rings is 1. The van der Waals surface area contributed by atoms with Crippen molar-refractivity contribution in [3.63, 3.8) is 0 Å². The molecule has 0 spiro atoms. The van der Waals surface area contributed by atoms with Crippen LogP contribution in [0.25, 0.3) is 0 Å². The molecule has 1 heterocycles. The van der Waals surface area contributed by atoms with Crippen molar-refractivity contribution in [3.05, 3.63) is 0 Å². The third-order valence-corrected chi connectivity index (χ3v) is 4.99. The summed E-state index contributed by atoms with van der Waals surface area (Å²) in [7, 11) is -3.66. The number of hydrogen-bond acceptors (Lipinski definition) is 6. The number of sulfonamides is 1. The standard InChI is InChI=1S/C8H15F2NO5S2/c9-8(10,17-16-15-12)4-7-18(13,14)11-5-2-1-3-6-11/h12H,1-7H2. The summed E-state index contributed by atoms with van der Waals surface area (Å²) in [6.45, 7) is 0.772. The quantitative estimate of drug-likeness (QED) is 0.439. The lowest BCUT2D eigenvalue weighted by molar-refractivity contribution is -0.433. The molecule has 0 aromatic rings. The highest BCUT2D eigenvalue weighted by atomic mass is 32.2. The molecule has 1 N–H and O–H groups in total. The Morgan fingerprint density at radius 3 is 2.44 bits per heavy atom. The minimum absolute atomic E-state index is 0.386. The van der Waals surface area contributed by atoms with Gasteiger partial charge in [-0.15, -0.1) is 4.33 Å². The number of rotatable bonds is 7. The molecule has 0 bridgehead atoms. The van der Waals surface area contributed by atoms with Crippen molar-refractivity contribution in [2.24, 2.45) is 0 Å². The minimum atomic E-state index is -3.66. The lowest BCUT2D eigenvalue weighted by atomic mass is 10.2. The van der Waals surface area contributed by atoms with Crippen LogP contribution in [0, 0.1) is 0 Å². The smallest absolute Gasteiger partial charge is 0.220 e. The van der Waals surface area contributed by atoms with Crippen LogP contribution in [-0.2, 0) is 19.4 Å². The number of nitrogens with zero attached hydrogens (tertiary/aromatic N) is 1. The van der Waals surface area contributed by atoms with Gasteiger partial charge in [0.25, 0.3) is 0 Å². The van der Waals surface area contributed by atoms with Crippen molar-refractivity contribution in [2.45, 2.75) is 30.9 Å². The van der Waals surface area contributed by atoms with Crippen LogP contribution in [0.15, 0.2) is 0 Å². The zero-order valence-corrected chi connectivity index (χ0v) is 11.2. The molecule has 0 amide bonds. The average Bonchev–Trinajstić information content (AvgIpc) is 2.36. The first-order valence-electron chi connectivity index (χ1n) is 5.39. The maximum Gasteiger partial charge on any atom is 0.321 e. The summed E-state index contributed by atoms with van der Waals surface area (Å²) in [4.78, 5) is 0. The van der Waals surface area contributed by atoms with Crippen molar-refractivity contribution >= 4 is 22.1 Å². The molecule has 0 unspecified atom stereocenters. The predicted octanol–water partition coefficient (Wildman–Crippen LogP) is 1.85. The fourth-order valence-electron chi connectivity index (χ4n) is 1.63. The van der Waals surface area contributed by atoms with E-state index >= 15 is 0 Å². The molecule has 1 rings (SSSR count). The second kappa shape index (κ2) is 6.96. The van der Waals surface area contributed by atoms with Crippen molar-refractivity contribution < 1.29 is 31.8 Å². The molecule has 1 aliphatic rings. The van der Waals surface area contributed by atoms with Crippen molar-refractivity contribution in [1.29, 1.82) is 0 Å². The van der Waals surface area contributed by atoms with E-state index in [1.54, 1.807) is 0 Å². The van der Waals surface area contributed by atoms with Gasteiger partial charge in [-0.1, -0.05) is 11.5 Å². The predicted molar refractivity (Wildman–Crippen MR) is 61.2 cm³/mol. The van der Waals surface area contributed by atoms with Crippen LogP contribution in [-0.4, -0.2) is 42.1 Å². The van der Waals surface area contributed by atoms with E-state index < -0.39 is 39.5 Å². The molecule has 108 valence electrons. The maximum atomic E-state index is 13.1. The Labute approximate surface area is 108 Å². The fourth-order valence-corrected chi connectivity index (χ4v) is 3.66. The van der Waals surface area contributed by atoms with E-state index in [1.165, 1.54) is 4.31 Å². The van der Waals surface area contributed by atoms with Crippen LogP contribution in [0.4, 0.5) is 8.78 Å². The molecule has 0 atom stereocenters. The molecular formula is C8H15F2NO5S2. The zero-order valence-electron chi connectivity index (χ0n) is 9.55. The Hall–Kier alpha value is -0.0000000000000000971. The molecule has 1 fully saturated rings. The monoisotopic (exact) mass is 307 g/mol. The van der Waals surface area contributed by atoms with Crippen LogP contribution in [0.3, 0.4) is 0 Å². The molecule has 0 aromatic carbocycles. The highest BCUT2D eigenvalue weighted by Crippen LogP contribution is 2.34. The number of hydrogen-bond donors (Lipinski definition) is 1. The first kappa shape index (κ1) is 16.1. The van der Waals surface area contributed by atoms with Crippen molar-refractivity contribution in [2.75, 3.05) is 18.8 Å². The first-order valence-corrected chi connectivity index (χ1v) is 7.74. The van der Waals surface area contributed by atoms with E-state index in [0.29, 0.717) is 13.1 Å². The van der Waals surface area contributed by atoms with Crippen LogP contribution in [0.2, 0.25) is 0 Å². The van der Waals surface area contributed by atoms with Gasteiger partial charge in [-0.05, 0) is 12.8 Å². The third kappa shape index (κ3) is 5.33. The molecule has 0 radical (unpaired) electrons. The van der Waals surface area contributed by atoms with Gasteiger partial charge in [0.1, 0.15) is 12.0 Å².